The van der Waals surface area contributed by atoms with Gasteiger partial charge in [0.05, 0.1) is 20.8 Å². The number of carbonyl (C=O) groups is 2. The first-order valence-corrected chi connectivity index (χ1v) is 7.97. The summed E-state index contributed by atoms with van der Waals surface area (Å²) in [5.74, 6) is 0.972. The van der Waals surface area contributed by atoms with Crippen molar-refractivity contribution in [1.29, 1.82) is 0 Å². The van der Waals surface area contributed by atoms with Crippen molar-refractivity contribution < 1.29 is 23.8 Å². The van der Waals surface area contributed by atoms with Crippen molar-refractivity contribution in [2.75, 3.05) is 27.3 Å². The molecule has 1 fully saturated rings. The number of ketones is 1. The number of nitrogens with zero attached hydrogens (tertiary/aromatic N) is 1. The molecule has 0 N–H and O–H groups in total. The van der Waals surface area contributed by atoms with Crippen molar-refractivity contribution in [1.82, 2.24) is 4.90 Å². The Morgan fingerprint density at radius 1 is 1.17 bits per heavy atom. The number of likely N-dealkylation sites (tertiary alicyclic amines) is 1. The second kappa shape index (κ2) is 7.11. The van der Waals surface area contributed by atoms with E-state index in [9.17, 15) is 9.59 Å². The fraction of sp³-hybridized carbons (Fsp3) is 0.556. The summed E-state index contributed by atoms with van der Waals surface area (Å²) >= 11 is 0. The predicted molar refractivity (Wildman–Crippen MR) is 89.7 cm³/mol. The molecule has 1 aromatic rings. The molecule has 0 aliphatic carbocycles. The van der Waals surface area contributed by atoms with E-state index in [1.807, 2.05) is 32.9 Å². The predicted octanol–water partition coefficient (Wildman–Crippen LogP) is 3.00. The molecular weight excluding hydrogens is 310 g/mol. The monoisotopic (exact) mass is 335 g/mol. The van der Waals surface area contributed by atoms with Crippen LogP contribution in [0.1, 0.15) is 38.7 Å². The normalized spacial score (nSPS) is 18.3. The molecule has 0 unspecified atom stereocenters. The molecule has 1 aromatic carbocycles. The van der Waals surface area contributed by atoms with Gasteiger partial charge in [0.15, 0.2) is 17.3 Å². The highest BCUT2D eigenvalue weighted by molar-refractivity contribution is 5.91. The van der Waals surface area contributed by atoms with E-state index < -0.39 is 11.7 Å². The molecule has 1 heterocycles. The molecule has 6 heteroatoms. The van der Waals surface area contributed by atoms with Gasteiger partial charge in [-0.15, -0.1) is 0 Å². The third kappa shape index (κ3) is 4.19. The Hall–Kier alpha value is -2.24. The third-order valence-electron chi connectivity index (χ3n) is 3.88. The van der Waals surface area contributed by atoms with Crippen LogP contribution in [0.15, 0.2) is 18.2 Å². The summed E-state index contributed by atoms with van der Waals surface area (Å²) in [5.41, 5.74) is 0.307. The zero-order valence-electron chi connectivity index (χ0n) is 14.9. The molecule has 24 heavy (non-hydrogen) atoms. The second-order valence-electron chi connectivity index (χ2n) is 6.82. The van der Waals surface area contributed by atoms with Crippen LogP contribution in [0.3, 0.4) is 0 Å². The van der Waals surface area contributed by atoms with Crippen molar-refractivity contribution in [3.8, 4) is 11.5 Å². The Morgan fingerprint density at radius 3 is 2.38 bits per heavy atom. The highest BCUT2D eigenvalue weighted by atomic mass is 16.6. The van der Waals surface area contributed by atoms with Crippen molar-refractivity contribution in [3.05, 3.63) is 23.8 Å². The summed E-state index contributed by atoms with van der Waals surface area (Å²) in [7, 11) is 3.14. The highest BCUT2D eigenvalue weighted by Crippen LogP contribution is 2.33. The van der Waals surface area contributed by atoms with Crippen LogP contribution in [0.2, 0.25) is 0 Å². The molecule has 0 saturated carbocycles. The summed E-state index contributed by atoms with van der Waals surface area (Å²) in [6.45, 7) is 5.98. The zero-order chi connectivity index (χ0) is 17.9. The van der Waals surface area contributed by atoms with Gasteiger partial charge >= 0.3 is 6.09 Å². The SMILES string of the molecule is COc1ccc([C@H]2CCN(C(=O)OC(C)(C)C)CC2=O)cc1OC. The molecule has 2 rings (SSSR count). The van der Waals surface area contributed by atoms with Gasteiger partial charge in [0.1, 0.15) is 5.60 Å². The van der Waals surface area contributed by atoms with E-state index in [4.69, 9.17) is 14.2 Å². The lowest BCUT2D eigenvalue weighted by molar-refractivity contribution is -0.123. The fourth-order valence-corrected chi connectivity index (χ4v) is 2.73. The lowest BCUT2D eigenvalue weighted by atomic mass is 9.88. The van der Waals surface area contributed by atoms with Gasteiger partial charge in [-0.1, -0.05) is 6.07 Å². The van der Waals surface area contributed by atoms with Gasteiger partial charge in [-0.05, 0) is 44.9 Å². The molecule has 0 spiro atoms. The molecule has 1 aliphatic rings. The Kier molecular flexibility index (Phi) is 5.36. The second-order valence-corrected chi connectivity index (χ2v) is 6.82. The maximum Gasteiger partial charge on any atom is 0.410 e. The summed E-state index contributed by atoms with van der Waals surface area (Å²) in [4.78, 5) is 26.1. The number of Topliss-reactive ketones (excluding diaryl/α,β-unsaturated/α-hetero) is 1. The average molecular weight is 335 g/mol. The van der Waals surface area contributed by atoms with Gasteiger partial charge in [0, 0.05) is 12.5 Å². The summed E-state index contributed by atoms with van der Waals surface area (Å²) in [6.07, 6.45) is 0.120. The van der Waals surface area contributed by atoms with E-state index >= 15 is 0 Å². The zero-order valence-corrected chi connectivity index (χ0v) is 14.9. The third-order valence-corrected chi connectivity index (χ3v) is 3.88. The lowest BCUT2D eigenvalue weighted by Crippen LogP contribution is -2.45. The van der Waals surface area contributed by atoms with Crippen LogP contribution in [-0.4, -0.2) is 49.7 Å². The topological polar surface area (TPSA) is 65.1 Å². The number of hydrogen-bond donors (Lipinski definition) is 0. The van der Waals surface area contributed by atoms with Gasteiger partial charge in [0.25, 0.3) is 0 Å². The highest BCUT2D eigenvalue weighted by Gasteiger charge is 2.33. The van der Waals surface area contributed by atoms with Crippen LogP contribution < -0.4 is 9.47 Å². The van der Waals surface area contributed by atoms with Crippen LogP contribution in [0.5, 0.6) is 11.5 Å². The number of methoxy groups -OCH3 is 2. The summed E-state index contributed by atoms with van der Waals surface area (Å²) in [5, 5.41) is 0. The van der Waals surface area contributed by atoms with E-state index in [1.165, 1.54) is 4.90 Å². The Bertz CT molecular complexity index is 620. The molecule has 0 radical (unpaired) electrons. The van der Waals surface area contributed by atoms with Crippen LogP contribution in [0, 0.1) is 0 Å². The fourth-order valence-electron chi connectivity index (χ4n) is 2.73. The minimum Gasteiger partial charge on any atom is -0.493 e. The largest absolute Gasteiger partial charge is 0.493 e. The van der Waals surface area contributed by atoms with Crippen LogP contribution >= 0.6 is 0 Å². The van der Waals surface area contributed by atoms with E-state index in [0.29, 0.717) is 24.5 Å². The minimum atomic E-state index is -0.569. The van der Waals surface area contributed by atoms with Gasteiger partial charge in [-0.25, -0.2) is 4.79 Å². The molecular formula is C18H25NO5. The van der Waals surface area contributed by atoms with Gasteiger partial charge < -0.3 is 19.1 Å². The first kappa shape index (κ1) is 18.1. The van der Waals surface area contributed by atoms with E-state index in [1.54, 1.807) is 20.3 Å². The van der Waals surface area contributed by atoms with E-state index in [-0.39, 0.29) is 18.2 Å². The van der Waals surface area contributed by atoms with Crippen LogP contribution in [0.4, 0.5) is 4.79 Å². The number of amides is 1. The summed E-state index contributed by atoms with van der Waals surface area (Å²) < 4.78 is 15.8. The molecule has 132 valence electrons. The molecule has 0 bridgehead atoms. The molecule has 1 aliphatic heterocycles. The number of hydrogen-bond acceptors (Lipinski definition) is 5. The summed E-state index contributed by atoms with van der Waals surface area (Å²) in [6, 6.07) is 5.49. The first-order chi connectivity index (χ1) is 11.2. The van der Waals surface area contributed by atoms with Crippen molar-refractivity contribution in [2.45, 2.75) is 38.7 Å². The Labute approximate surface area is 142 Å². The van der Waals surface area contributed by atoms with Gasteiger partial charge in [-0.3, -0.25) is 4.79 Å². The Balaban J connectivity index is 2.09. The van der Waals surface area contributed by atoms with Crippen molar-refractivity contribution in [2.24, 2.45) is 0 Å². The maximum atomic E-state index is 12.5. The van der Waals surface area contributed by atoms with Gasteiger partial charge in [-0.2, -0.15) is 0 Å². The van der Waals surface area contributed by atoms with Crippen molar-refractivity contribution in [3.63, 3.8) is 0 Å². The molecule has 0 aromatic heterocycles. The number of carbonyl (C=O) groups excluding carboxylic acids is 2. The quantitative estimate of drug-likeness (QED) is 0.849. The number of rotatable bonds is 3. The lowest BCUT2D eigenvalue weighted by Gasteiger charge is -2.32. The van der Waals surface area contributed by atoms with Gasteiger partial charge in [0.2, 0.25) is 0 Å². The minimum absolute atomic E-state index is 0.000621. The van der Waals surface area contributed by atoms with Crippen molar-refractivity contribution >= 4 is 11.9 Å². The molecule has 1 atom stereocenters. The average Bonchev–Trinajstić information content (AvgIpc) is 2.52. The maximum absolute atomic E-state index is 12.5. The van der Waals surface area contributed by atoms with Crippen LogP contribution in [-0.2, 0) is 9.53 Å². The Morgan fingerprint density at radius 2 is 1.83 bits per heavy atom. The smallest absolute Gasteiger partial charge is 0.410 e. The number of benzene rings is 1. The van der Waals surface area contributed by atoms with E-state index in [2.05, 4.69) is 0 Å². The first-order valence-electron chi connectivity index (χ1n) is 7.97. The van der Waals surface area contributed by atoms with E-state index in [0.717, 1.165) is 5.56 Å². The van der Waals surface area contributed by atoms with Crippen LogP contribution in [0.25, 0.3) is 0 Å². The molecule has 1 saturated heterocycles. The standard InChI is InChI=1S/C18H25NO5/c1-18(2,3)24-17(21)19-9-8-13(14(20)11-19)12-6-7-15(22-4)16(10-12)23-5/h6-7,10,13H,8-9,11H2,1-5H3/t13-/m1/s1. The molecule has 6 nitrogen and oxygen atoms in total. The number of piperidine rings is 1. The molecule has 1 amide bonds. The number of ether oxygens (including phenoxy) is 3.